The molecule has 0 aliphatic heterocycles. The van der Waals surface area contributed by atoms with Gasteiger partial charge in [0.05, 0.1) is 121 Å². The van der Waals surface area contributed by atoms with Crippen LogP contribution in [-0.2, 0) is 90.6 Å². The Morgan fingerprint density at radius 3 is 1.04 bits per heavy atom. The first-order chi connectivity index (χ1) is 69.3. The maximum atomic E-state index is 13.2. The number of aromatic nitrogens is 1. The number of ether oxygens (including phenoxy) is 16. The Labute approximate surface area is 856 Å². The van der Waals surface area contributed by atoms with Crippen LogP contribution in [0.3, 0.4) is 0 Å². The van der Waals surface area contributed by atoms with Gasteiger partial charge in [0.2, 0.25) is 0 Å². The highest BCUT2D eigenvalue weighted by Gasteiger charge is 2.34. The zero-order valence-electron chi connectivity index (χ0n) is 84.8. The summed E-state index contributed by atoms with van der Waals surface area (Å²) in [6, 6.07) is 33.5. The summed E-state index contributed by atoms with van der Waals surface area (Å²) in [5.74, 6) is 2.60. The lowest BCUT2D eigenvalue weighted by Crippen LogP contribution is -2.28. The number of ketones is 2. The van der Waals surface area contributed by atoms with E-state index in [-0.39, 0.29) is 82.9 Å². The summed E-state index contributed by atoms with van der Waals surface area (Å²) in [6.07, 6.45) is 37.0. The van der Waals surface area contributed by atoms with E-state index in [1.54, 1.807) is 101 Å². The minimum absolute atomic E-state index is 0.0139. The molecule has 0 spiro atoms. The number of nitrogens with zero attached hydrogens (tertiary/aromatic N) is 1. The average Bonchev–Trinajstić information content (AvgIpc) is 1.62. The van der Waals surface area contributed by atoms with E-state index in [2.05, 4.69) is 58.0 Å². The van der Waals surface area contributed by atoms with Gasteiger partial charge in [-0.3, -0.25) is 24.0 Å². The van der Waals surface area contributed by atoms with Crippen LogP contribution in [0.5, 0.6) is 40.2 Å². The summed E-state index contributed by atoms with van der Waals surface area (Å²) >= 11 is 4.81. The summed E-state index contributed by atoms with van der Waals surface area (Å²) in [6.45, 7) is 26.2. The third kappa shape index (κ3) is 48.1. The number of aryl methyl sites for hydroxylation is 1. The lowest BCUT2D eigenvalue weighted by molar-refractivity contribution is -0.151. The molecule has 3 heterocycles. The molecule has 4 aliphatic rings. The van der Waals surface area contributed by atoms with Gasteiger partial charge in [-0.25, -0.2) is 33.8 Å². The number of hydrogen-bond acceptors (Lipinski definition) is 31. The van der Waals surface area contributed by atoms with Gasteiger partial charge in [0, 0.05) is 71.1 Å². The van der Waals surface area contributed by atoms with Crippen LogP contribution < -0.4 is 33.2 Å². The molecule has 143 heavy (non-hydrogen) atoms. The SMILES string of the molecule is C=CC(=O)OCCCCCCC1CCC(OC)CC1.C=CC(=O)OCCCCCCOC(=O)c1ccc(OC)cc1.C=CC(=O)OCCCCCCOc1ccc(OC)cc1.C=CC(=O)OCCCCOC(=O)C1CCC(OC)CC1.C=CC(=O)OCCCCOc1ccc(OC)cc1.CC(=O)C1CCC(C(=O)Oc2ccc(OC(=O)C3CCC(C(C)=O)CC3)c3sc(-c4ccc(-c5ccc(C)s5)s4)nc23)CC1. The number of methoxy groups -OCH3 is 5. The fraction of sp³-hybridized carbons (Fsp3) is 0.518. The molecular weight excluding hydrogens is 1890 g/mol. The molecule has 7 aromatic rings. The standard InChI is InChI=1S/C34H35NO6S3.C17H22O5.C16H22O4.C16H28O3.C15H24O5.C14H18O4/c1-18-4-15-27(42-18)28-16-17-29(43-28)32-35-30-25(40-33(38)23-9-5-21(6-10-23)19(2)36)13-14-26(31(30)44-32)41-34(39)24-11-7-22(8-12-24)20(3)37;1-3-16(18)21-12-6-4-5-7-13-22-17(19)14-8-10-15(20-2)11-9-14;1-3-16(17)20-13-7-5-4-6-12-19-15-10-8-14(18-2)9-11-15;1-3-16(17)19-13-7-5-4-6-8-14-9-11-15(18-2)12-10-14;1-3-14(16)19-10-4-5-11-20-15(17)12-6-8-13(18-2)9-7-12;1-3-14(15)18-11-5-4-10-17-13-8-6-12(16-2)7-9-13/h4,13-17,21-24H,5-12H2,1-3H3;3,8-11H,1,4-7,12-13H2,2H3;3,8-11H,1,4-7,12-13H2,2H3;3,14-15H,1,4-13H2,2H3;3,12-13H,1,4-11H2,2H3;3,6-9H,1,4-5,10-11H2,2H3. The van der Waals surface area contributed by atoms with E-state index in [4.69, 9.17) is 80.8 Å². The maximum absolute atomic E-state index is 13.2. The molecular formula is C112H149NO27S3. The quantitative estimate of drug-likeness (QED) is 0.0112. The monoisotopic (exact) mass is 2040 g/mol. The van der Waals surface area contributed by atoms with Crippen molar-refractivity contribution < 1.29 is 129 Å². The smallest absolute Gasteiger partial charge is 0.338 e. The predicted molar refractivity (Wildman–Crippen MR) is 556 cm³/mol. The molecule has 0 atom stereocenters. The number of thiophene rings is 2. The van der Waals surface area contributed by atoms with Crippen molar-refractivity contribution in [2.45, 2.75) is 245 Å². The van der Waals surface area contributed by atoms with Crippen molar-refractivity contribution in [2.24, 2.45) is 35.5 Å². The fourth-order valence-corrected chi connectivity index (χ4v) is 19.0. The van der Waals surface area contributed by atoms with Crippen molar-refractivity contribution in [2.75, 3.05) is 95.0 Å². The molecule has 0 bridgehead atoms. The van der Waals surface area contributed by atoms with Gasteiger partial charge < -0.3 is 75.8 Å². The number of thiazole rings is 1. The number of fused-ring (bicyclic) bond motifs is 1. The van der Waals surface area contributed by atoms with E-state index in [1.165, 1.54) is 78.2 Å². The number of hydrogen-bond donors (Lipinski definition) is 0. The molecule has 4 saturated carbocycles. The number of Topliss-reactive ketones (excluding diaryl/α,β-unsaturated/α-hetero) is 2. The third-order valence-corrected chi connectivity index (χ3v) is 28.1. The molecule has 4 aromatic carbocycles. The number of carbonyl (C=O) groups excluding carboxylic acids is 11. The number of rotatable bonds is 53. The molecule has 4 fully saturated rings. The summed E-state index contributed by atoms with van der Waals surface area (Å²) in [5.41, 5.74) is 1.00. The van der Waals surface area contributed by atoms with Crippen LogP contribution in [0.1, 0.15) is 241 Å². The van der Waals surface area contributed by atoms with Crippen LogP contribution in [0.4, 0.5) is 0 Å². The van der Waals surface area contributed by atoms with Gasteiger partial charge in [0.1, 0.15) is 55.5 Å². The highest BCUT2D eigenvalue weighted by atomic mass is 32.1. The van der Waals surface area contributed by atoms with Gasteiger partial charge in [-0.2, -0.15) is 0 Å². The van der Waals surface area contributed by atoms with E-state index >= 15 is 0 Å². The molecule has 0 amide bonds. The first-order valence-corrected chi connectivity index (χ1v) is 52.3. The zero-order chi connectivity index (χ0) is 104. The molecule has 11 rings (SSSR count). The molecule has 0 unspecified atom stereocenters. The third-order valence-electron chi connectivity index (χ3n) is 24.6. The Kier molecular flexibility index (Phi) is 59.6. The molecule has 0 N–H and O–H groups in total. The van der Waals surface area contributed by atoms with Crippen molar-refractivity contribution >= 4 is 110 Å². The highest BCUT2D eigenvalue weighted by Crippen LogP contribution is 2.46. The number of unbranched alkanes of at least 4 members (excludes halogenated alkanes) is 11. The van der Waals surface area contributed by atoms with E-state index in [0.29, 0.717) is 169 Å². The van der Waals surface area contributed by atoms with Crippen molar-refractivity contribution in [3.63, 3.8) is 0 Å². The van der Waals surface area contributed by atoms with Crippen LogP contribution in [0.25, 0.3) is 29.9 Å². The molecule has 3 aromatic heterocycles. The molecule has 31 heteroatoms. The minimum atomic E-state index is -0.420. The second kappa shape index (κ2) is 70.9. The zero-order valence-corrected chi connectivity index (χ0v) is 87.3. The molecule has 4 aliphatic carbocycles. The van der Waals surface area contributed by atoms with Gasteiger partial charge in [-0.15, -0.1) is 34.0 Å². The van der Waals surface area contributed by atoms with Crippen molar-refractivity contribution in [1.29, 1.82) is 0 Å². The first kappa shape index (κ1) is 120. The van der Waals surface area contributed by atoms with Crippen LogP contribution in [0.15, 0.2) is 172 Å². The topological polar surface area (TPSA) is 348 Å². The van der Waals surface area contributed by atoms with Crippen LogP contribution in [-0.4, -0.2) is 177 Å². The number of esters is 9. The molecule has 782 valence electrons. The van der Waals surface area contributed by atoms with Gasteiger partial charge >= 0.3 is 53.7 Å². The predicted octanol–water partition coefficient (Wildman–Crippen LogP) is 23.9. The normalized spacial score (nSPS) is 17.0. The van der Waals surface area contributed by atoms with E-state index in [0.717, 1.165) is 165 Å². The largest absolute Gasteiger partial charge is 0.497 e. The average molecular weight is 2040 g/mol. The van der Waals surface area contributed by atoms with E-state index in [1.807, 2.05) is 61.7 Å². The molecule has 0 saturated heterocycles. The summed E-state index contributed by atoms with van der Waals surface area (Å²) in [7, 11) is 8.38. The lowest BCUT2D eigenvalue weighted by atomic mass is 9.80. The van der Waals surface area contributed by atoms with Crippen LogP contribution in [0, 0.1) is 42.4 Å². The van der Waals surface area contributed by atoms with Gasteiger partial charge in [0.15, 0.2) is 11.5 Å². The Hall–Kier alpha value is -11.6. The van der Waals surface area contributed by atoms with Crippen molar-refractivity contribution in [3.05, 3.63) is 183 Å². The van der Waals surface area contributed by atoms with Crippen molar-refractivity contribution in [1.82, 2.24) is 4.98 Å². The Morgan fingerprint density at radius 2 is 0.643 bits per heavy atom. The molecule has 28 nitrogen and oxygen atoms in total. The van der Waals surface area contributed by atoms with E-state index in [9.17, 15) is 52.7 Å². The number of carbonyl (C=O) groups is 11. The van der Waals surface area contributed by atoms with E-state index < -0.39 is 11.9 Å². The fourth-order valence-electron chi connectivity index (χ4n) is 16.0. The Morgan fingerprint density at radius 1 is 0.322 bits per heavy atom. The van der Waals surface area contributed by atoms with Crippen LogP contribution in [0.2, 0.25) is 0 Å². The molecule has 0 radical (unpaired) electrons. The van der Waals surface area contributed by atoms with Gasteiger partial charge in [-0.1, -0.05) is 58.6 Å². The van der Waals surface area contributed by atoms with Gasteiger partial charge in [-0.05, 0) is 322 Å². The van der Waals surface area contributed by atoms with Crippen molar-refractivity contribution in [3.8, 4) is 59.9 Å². The first-order valence-electron chi connectivity index (χ1n) is 49.9. The Bertz CT molecular complexity index is 4900. The maximum Gasteiger partial charge on any atom is 0.338 e. The second-order valence-corrected chi connectivity index (χ2v) is 38.3. The minimum Gasteiger partial charge on any atom is -0.497 e. The highest BCUT2D eigenvalue weighted by molar-refractivity contribution is 7.28. The lowest BCUT2D eigenvalue weighted by Gasteiger charge is -2.27. The summed E-state index contributed by atoms with van der Waals surface area (Å²) < 4.78 is 84.3. The number of benzene rings is 4. The summed E-state index contributed by atoms with van der Waals surface area (Å²) in [4.78, 5) is 137. The summed E-state index contributed by atoms with van der Waals surface area (Å²) in [5, 5.41) is 0.759. The second-order valence-electron chi connectivity index (χ2n) is 35.0. The van der Waals surface area contributed by atoms with Crippen LogP contribution >= 0.6 is 34.0 Å². The van der Waals surface area contributed by atoms with Gasteiger partial charge in [0.25, 0.3) is 0 Å². The Balaban J connectivity index is 0.000000275.